The van der Waals surface area contributed by atoms with Crippen molar-refractivity contribution in [2.24, 2.45) is 23.7 Å². The number of pyridine rings is 8. The molecule has 0 unspecified atom stereocenters. The summed E-state index contributed by atoms with van der Waals surface area (Å²) in [5.41, 5.74) is 7.31. The number of aromatic nitrogens is 8. The Labute approximate surface area is 417 Å². The van der Waals surface area contributed by atoms with Gasteiger partial charge in [0.15, 0.2) is 23.1 Å². The predicted octanol–water partition coefficient (Wildman–Crippen LogP) is 9.89. The van der Waals surface area contributed by atoms with Gasteiger partial charge < -0.3 is 0 Å². The average Bonchev–Trinajstić information content (AvgIpc) is 3.43. The molecule has 2 aliphatic carbocycles. The Kier molecular flexibility index (Phi) is 15.6. The molecule has 0 radical (unpaired) electrons. The molecule has 10 rings (SSSR count). The van der Waals surface area contributed by atoms with Crippen LogP contribution in [0.1, 0.15) is 68.2 Å². The van der Waals surface area contributed by atoms with Crippen LogP contribution in [0.3, 0.4) is 0 Å². The second-order valence-electron chi connectivity index (χ2n) is 17.4. The van der Waals surface area contributed by atoms with E-state index in [1.807, 2.05) is 97.1 Å². The summed E-state index contributed by atoms with van der Waals surface area (Å²) in [6.07, 6.45) is 40.9. The zero-order valence-electron chi connectivity index (χ0n) is 38.9. The van der Waals surface area contributed by atoms with Gasteiger partial charge in [0.05, 0.1) is 0 Å². The van der Waals surface area contributed by atoms with Crippen LogP contribution in [0.15, 0.2) is 221 Å². The number of rotatable bonds is 16. The van der Waals surface area contributed by atoms with Crippen LogP contribution in [0.5, 0.6) is 0 Å². The summed E-state index contributed by atoms with van der Waals surface area (Å²) in [7, 11) is 0. The van der Waals surface area contributed by atoms with Crippen molar-refractivity contribution in [1.82, 2.24) is 39.9 Å². The lowest BCUT2D eigenvalue weighted by molar-refractivity contribution is -0.134. The monoisotopic (exact) mass is 944 g/mol. The molecule has 0 aliphatic heterocycles. The molecule has 0 amide bonds. The highest BCUT2D eigenvalue weighted by atomic mass is 16.1. The fourth-order valence-electron chi connectivity index (χ4n) is 9.97. The maximum absolute atomic E-state index is 13.6. The molecule has 352 valence electrons. The minimum absolute atomic E-state index is 0.0161. The van der Waals surface area contributed by atoms with Gasteiger partial charge in [-0.05, 0) is 166 Å². The largest absolute Gasteiger partial charge is 0.294 e. The number of hydrogen-bond donors (Lipinski definition) is 0. The van der Waals surface area contributed by atoms with Crippen molar-refractivity contribution in [2.75, 3.05) is 0 Å². The zero-order valence-corrected chi connectivity index (χ0v) is 38.9. The van der Waals surface area contributed by atoms with Gasteiger partial charge >= 0.3 is 0 Å². The first kappa shape index (κ1) is 47.9. The van der Waals surface area contributed by atoms with Crippen LogP contribution in [0.25, 0.3) is 24.3 Å². The highest BCUT2D eigenvalue weighted by molar-refractivity contribution is 6.04. The molecule has 2 fully saturated rings. The van der Waals surface area contributed by atoms with E-state index in [0.717, 1.165) is 44.5 Å². The number of carbonyl (C=O) groups excluding carboxylic acids is 4. The van der Waals surface area contributed by atoms with Crippen molar-refractivity contribution < 1.29 is 19.2 Å². The van der Waals surface area contributed by atoms with E-state index in [0.29, 0.717) is 0 Å². The summed E-state index contributed by atoms with van der Waals surface area (Å²) in [6, 6.07) is 30.0. The smallest absolute Gasteiger partial charge is 0.160 e. The fraction of sp³-hybridized carbons (Fsp3) is 0.133. The van der Waals surface area contributed by atoms with Crippen molar-refractivity contribution in [2.45, 2.75) is 23.7 Å². The summed E-state index contributed by atoms with van der Waals surface area (Å²) in [4.78, 5) is 87.2. The molecule has 72 heavy (non-hydrogen) atoms. The Bertz CT molecular complexity index is 2730. The second kappa shape index (κ2) is 23.4. The van der Waals surface area contributed by atoms with Crippen LogP contribution in [0, 0.1) is 23.7 Å². The molecule has 8 heterocycles. The zero-order chi connectivity index (χ0) is 49.5. The lowest BCUT2D eigenvalue weighted by atomic mass is 9.50. The van der Waals surface area contributed by atoms with E-state index in [1.165, 1.54) is 0 Å². The number of hydrogen-bond acceptors (Lipinski definition) is 12. The van der Waals surface area contributed by atoms with Gasteiger partial charge in [0.1, 0.15) is 0 Å². The lowest BCUT2D eigenvalue weighted by Crippen LogP contribution is -2.50. The van der Waals surface area contributed by atoms with E-state index in [1.54, 1.807) is 148 Å². The van der Waals surface area contributed by atoms with Crippen LogP contribution >= 0.6 is 0 Å². The van der Waals surface area contributed by atoms with Gasteiger partial charge in [-0.15, -0.1) is 0 Å². The van der Waals surface area contributed by atoms with E-state index in [4.69, 9.17) is 0 Å². The van der Waals surface area contributed by atoms with Crippen LogP contribution < -0.4 is 0 Å². The van der Waals surface area contributed by atoms with Gasteiger partial charge in [0.2, 0.25) is 0 Å². The van der Waals surface area contributed by atoms with E-state index < -0.39 is 23.7 Å². The van der Waals surface area contributed by atoms with Crippen LogP contribution in [0.2, 0.25) is 0 Å². The van der Waals surface area contributed by atoms with Gasteiger partial charge in [-0.3, -0.25) is 59.0 Å². The molecule has 12 heteroatoms. The SMILES string of the molecule is O=C(/C=C/c1ccncc1)C1C(c2ccncc2)C(C(=O)/C=C/c2ccncc2)C1c1ccncc1.O=C(/C=C/c1ccncc1)C1C(c2ccncc2)C(C(=O)/C=C/c2ccncc2)C1c1ccncc1. The molecule has 0 bridgehead atoms. The summed E-state index contributed by atoms with van der Waals surface area (Å²) < 4.78 is 0. The number of allylic oxidation sites excluding steroid dienone is 4. The topological polar surface area (TPSA) is 171 Å². The molecular weight excluding hydrogens is 897 g/mol. The quantitative estimate of drug-likeness (QED) is 0.0841. The maximum atomic E-state index is 13.6. The van der Waals surface area contributed by atoms with Crippen molar-refractivity contribution in [3.8, 4) is 0 Å². The van der Waals surface area contributed by atoms with E-state index in [-0.39, 0.29) is 46.8 Å². The van der Waals surface area contributed by atoms with Gasteiger partial charge in [0, 0.05) is 146 Å². The van der Waals surface area contributed by atoms with Crippen molar-refractivity contribution in [1.29, 1.82) is 0 Å². The second-order valence-corrected chi connectivity index (χ2v) is 17.4. The first-order valence-corrected chi connectivity index (χ1v) is 23.5. The molecule has 8 aromatic rings. The Morgan fingerprint density at radius 3 is 0.569 bits per heavy atom. The number of carbonyl (C=O) groups is 4. The predicted molar refractivity (Wildman–Crippen MR) is 275 cm³/mol. The number of ketones is 4. The molecule has 0 saturated heterocycles. The molecule has 0 spiro atoms. The van der Waals surface area contributed by atoms with E-state index in [2.05, 4.69) is 39.9 Å². The van der Waals surface area contributed by atoms with Crippen LogP contribution in [0.4, 0.5) is 0 Å². The minimum Gasteiger partial charge on any atom is -0.294 e. The van der Waals surface area contributed by atoms with Crippen molar-refractivity contribution in [3.63, 3.8) is 0 Å². The Hall–Kier alpha value is -9.16. The van der Waals surface area contributed by atoms with Gasteiger partial charge in [-0.25, -0.2) is 0 Å². The molecule has 0 atom stereocenters. The van der Waals surface area contributed by atoms with Crippen molar-refractivity contribution >= 4 is 47.4 Å². The molecule has 8 aromatic heterocycles. The molecule has 0 aromatic carbocycles. The highest BCUT2D eigenvalue weighted by Crippen LogP contribution is 2.59. The Morgan fingerprint density at radius 2 is 0.403 bits per heavy atom. The van der Waals surface area contributed by atoms with E-state index in [9.17, 15) is 19.2 Å². The molecular formula is C60H48N8O4. The summed E-state index contributed by atoms with van der Waals surface area (Å²) in [5, 5.41) is 0. The Balaban J connectivity index is 0.000000178. The van der Waals surface area contributed by atoms with Gasteiger partial charge in [0.25, 0.3) is 0 Å². The third kappa shape index (κ3) is 11.3. The van der Waals surface area contributed by atoms with E-state index >= 15 is 0 Å². The van der Waals surface area contributed by atoms with Crippen LogP contribution in [-0.4, -0.2) is 63.0 Å². The Morgan fingerprint density at radius 1 is 0.250 bits per heavy atom. The van der Waals surface area contributed by atoms with Gasteiger partial charge in [-0.2, -0.15) is 0 Å². The minimum atomic E-state index is -0.392. The standard InChI is InChI=1S/2C30H24N4O2/c2*35-25(3-1-21-5-13-31-14-6-21)29-27(23-9-17-33-18-10-23)30(28(29)24-11-19-34-20-12-24)26(36)4-2-22-7-15-32-16-8-22/h2*1-20,27-30H/b2*3-1+,4-2+. The normalized spacial score (nSPS) is 21.3. The first-order chi connectivity index (χ1) is 35.4. The summed E-state index contributed by atoms with van der Waals surface area (Å²) in [6.45, 7) is 0. The first-order valence-electron chi connectivity index (χ1n) is 23.5. The molecule has 2 saturated carbocycles. The highest BCUT2D eigenvalue weighted by Gasteiger charge is 2.57. The number of nitrogens with zero attached hydrogens (tertiary/aromatic N) is 8. The third-order valence-corrected chi connectivity index (χ3v) is 13.4. The molecule has 0 N–H and O–H groups in total. The molecule has 2 aliphatic rings. The fourth-order valence-corrected chi connectivity index (χ4v) is 9.97. The summed E-state index contributed by atoms with van der Waals surface area (Å²) >= 11 is 0. The maximum Gasteiger partial charge on any atom is 0.160 e. The summed E-state index contributed by atoms with van der Waals surface area (Å²) in [5.74, 6) is -2.71. The lowest BCUT2D eigenvalue weighted by Gasteiger charge is -2.50. The van der Waals surface area contributed by atoms with Gasteiger partial charge in [-0.1, -0.05) is 24.3 Å². The third-order valence-electron chi connectivity index (χ3n) is 13.4. The average molecular weight is 945 g/mol. The van der Waals surface area contributed by atoms with Crippen molar-refractivity contribution in [3.05, 3.63) is 265 Å². The van der Waals surface area contributed by atoms with Crippen LogP contribution in [-0.2, 0) is 19.2 Å². The molecule has 12 nitrogen and oxygen atoms in total.